The van der Waals surface area contributed by atoms with E-state index in [1.54, 1.807) is 0 Å². The van der Waals surface area contributed by atoms with Crippen LogP contribution >= 0.6 is 0 Å². The number of sulfonamides is 1. The molecule has 0 aromatic heterocycles. The van der Waals surface area contributed by atoms with Gasteiger partial charge in [0, 0.05) is 0 Å². The van der Waals surface area contributed by atoms with Crippen LogP contribution < -0.4 is 10.5 Å². The summed E-state index contributed by atoms with van der Waals surface area (Å²) in [6.45, 7) is 3.72. The largest absolute Gasteiger partial charge is 0.317 e. The zero-order valence-electron chi connectivity index (χ0n) is 6.84. The Bertz CT molecular complexity index is 177. The van der Waals surface area contributed by atoms with Crippen LogP contribution in [-0.2, 0) is 10.0 Å². The van der Waals surface area contributed by atoms with Gasteiger partial charge < -0.3 is 5.32 Å². The summed E-state index contributed by atoms with van der Waals surface area (Å²) in [6, 6.07) is 0. The Hall–Kier alpha value is -0.130. The molecular formula is C6H16N2O2S. The number of hydrogen-bond acceptors (Lipinski definition) is 3. The van der Waals surface area contributed by atoms with Crippen LogP contribution in [-0.4, -0.2) is 27.3 Å². The van der Waals surface area contributed by atoms with Gasteiger partial charge in [-0.2, -0.15) is 0 Å². The molecule has 0 spiro atoms. The van der Waals surface area contributed by atoms with Crippen molar-refractivity contribution in [3.8, 4) is 0 Å². The molecule has 0 fully saturated rings. The summed E-state index contributed by atoms with van der Waals surface area (Å²) in [5.74, 6) is 0.0731. The van der Waals surface area contributed by atoms with Crippen LogP contribution in [0.4, 0.5) is 0 Å². The highest BCUT2D eigenvalue weighted by Crippen LogP contribution is 1.83. The first kappa shape index (κ1) is 10.9. The van der Waals surface area contributed by atoms with Gasteiger partial charge in [-0.15, -0.1) is 0 Å². The van der Waals surface area contributed by atoms with E-state index in [0.29, 0.717) is 6.42 Å². The SMILES string of the molecule is CCCNCCCS(N)(=O)=O. The second-order valence-corrected chi connectivity index (χ2v) is 4.20. The average molecular weight is 180 g/mol. The Balaban J connectivity index is 3.16. The molecule has 11 heavy (non-hydrogen) atoms. The normalized spacial score (nSPS) is 11.8. The molecular weight excluding hydrogens is 164 g/mol. The molecule has 0 saturated heterocycles. The second-order valence-electron chi connectivity index (χ2n) is 2.47. The van der Waals surface area contributed by atoms with E-state index in [9.17, 15) is 8.42 Å². The fraction of sp³-hybridized carbons (Fsp3) is 1.00. The molecule has 0 saturated carbocycles. The quantitative estimate of drug-likeness (QED) is 0.549. The van der Waals surface area contributed by atoms with Crippen LogP contribution in [0, 0.1) is 0 Å². The third-order valence-electron chi connectivity index (χ3n) is 1.21. The minimum Gasteiger partial charge on any atom is -0.317 e. The highest BCUT2D eigenvalue weighted by atomic mass is 32.2. The summed E-state index contributed by atoms with van der Waals surface area (Å²) < 4.78 is 20.8. The van der Waals surface area contributed by atoms with Crippen LogP contribution in [0.1, 0.15) is 19.8 Å². The van der Waals surface area contributed by atoms with Crippen LogP contribution in [0.3, 0.4) is 0 Å². The van der Waals surface area contributed by atoms with Crippen molar-refractivity contribution in [3.05, 3.63) is 0 Å². The lowest BCUT2D eigenvalue weighted by Crippen LogP contribution is -2.22. The molecule has 0 amide bonds. The molecule has 68 valence electrons. The van der Waals surface area contributed by atoms with E-state index in [2.05, 4.69) is 12.2 Å². The van der Waals surface area contributed by atoms with Crippen LogP contribution in [0.2, 0.25) is 0 Å². The standard InChI is InChI=1S/C6H16N2O2S/c1-2-4-8-5-3-6-11(7,9)10/h8H,2-6H2,1H3,(H2,7,9,10). The van der Waals surface area contributed by atoms with E-state index in [4.69, 9.17) is 5.14 Å². The van der Waals surface area contributed by atoms with Crippen molar-refractivity contribution >= 4 is 10.0 Å². The fourth-order valence-corrected chi connectivity index (χ4v) is 1.25. The van der Waals surface area contributed by atoms with E-state index in [1.807, 2.05) is 0 Å². The molecule has 0 aliphatic heterocycles. The molecule has 0 aliphatic carbocycles. The maximum absolute atomic E-state index is 10.4. The van der Waals surface area contributed by atoms with E-state index < -0.39 is 10.0 Å². The number of nitrogens with two attached hydrogens (primary N) is 1. The van der Waals surface area contributed by atoms with Crippen molar-refractivity contribution < 1.29 is 8.42 Å². The third-order valence-corrected chi connectivity index (χ3v) is 2.07. The highest BCUT2D eigenvalue weighted by molar-refractivity contribution is 7.89. The van der Waals surface area contributed by atoms with E-state index >= 15 is 0 Å². The third kappa shape index (κ3) is 9.87. The Kier molecular flexibility index (Phi) is 5.45. The predicted molar refractivity (Wildman–Crippen MR) is 45.8 cm³/mol. The molecule has 3 N–H and O–H groups in total. The van der Waals surface area contributed by atoms with Gasteiger partial charge in [0.25, 0.3) is 0 Å². The molecule has 0 rings (SSSR count). The van der Waals surface area contributed by atoms with Crippen molar-refractivity contribution in [1.29, 1.82) is 0 Å². The maximum atomic E-state index is 10.4. The molecule has 0 aromatic carbocycles. The number of rotatable bonds is 6. The lowest BCUT2D eigenvalue weighted by atomic mass is 10.4. The zero-order valence-corrected chi connectivity index (χ0v) is 7.65. The van der Waals surface area contributed by atoms with Crippen molar-refractivity contribution in [2.45, 2.75) is 19.8 Å². The molecule has 0 atom stereocenters. The van der Waals surface area contributed by atoms with Crippen molar-refractivity contribution in [2.75, 3.05) is 18.8 Å². The molecule has 0 aromatic rings. The monoisotopic (exact) mass is 180 g/mol. The van der Waals surface area contributed by atoms with Gasteiger partial charge in [-0.3, -0.25) is 0 Å². The van der Waals surface area contributed by atoms with Crippen molar-refractivity contribution in [3.63, 3.8) is 0 Å². The maximum Gasteiger partial charge on any atom is 0.209 e. The van der Waals surface area contributed by atoms with Crippen LogP contribution in [0.25, 0.3) is 0 Å². The molecule has 0 radical (unpaired) electrons. The first-order valence-corrected chi connectivity index (χ1v) is 5.49. The summed E-state index contributed by atoms with van der Waals surface area (Å²) in [7, 11) is -3.25. The van der Waals surface area contributed by atoms with Gasteiger partial charge in [0.2, 0.25) is 10.0 Å². The van der Waals surface area contributed by atoms with Gasteiger partial charge in [-0.25, -0.2) is 13.6 Å². The molecule has 0 aliphatic rings. The second kappa shape index (κ2) is 5.51. The van der Waals surface area contributed by atoms with Crippen LogP contribution in [0.5, 0.6) is 0 Å². The summed E-state index contributed by atoms with van der Waals surface area (Å²) >= 11 is 0. The molecule has 5 heteroatoms. The lowest BCUT2D eigenvalue weighted by Gasteiger charge is -2.00. The molecule has 0 heterocycles. The predicted octanol–water partition coefficient (Wildman–Crippen LogP) is -0.335. The Morgan fingerprint density at radius 1 is 1.36 bits per heavy atom. The van der Waals surface area contributed by atoms with Crippen molar-refractivity contribution in [2.24, 2.45) is 5.14 Å². The first-order chi connectivity index (χ1) is 5.06. The molecule has 0 bridgehead atoms. The minimum atomic E-state index is -3.25. The van der Waals surface area contributed by atoms with E-state index in [1.165, 1.54) is 0 Å². The highest BCUT2D eigenvalue weighted by Gasteiger charge is 1.99. The Morgan fingerprint density at radius 2 is 2.00 bits per heavy atom. The summed E-state index contributed by atoms with van der Waals surface area (Å²) in [5.41, 5.74) is 0. The van der Waals surface area contributed by atoms with Crippen LogP contribution in [0.15, 0.2) is 0 Å². The number of nitrogens with one attached hydrogen (secondary N) is 1. The van der Waals surface area contributed by atoms with Gasteiger partial charge in [-0.1, -0.05) is 6.92 Å². The minimum absolute atomic E-state index is 0.0731. The van der Waals surface area contributed by atoms with Gasteiger partial charge in [0.15, 0.2) is 0 Å². The Morgan fingerprint density at radius 3 is 2.45 bits per heavy atom. The smallest absolute Gasteiger partial charge is 0.209 e. The van der Waals surface area contributed by atoms with Gasteiger partial charge in [0.1, 0.15) is 0 Å². The average Bonchev–Trinajstić information content (AvgIpc) is 1.85. The van der Waals surface area contributed by atoms with E-state index in [-0.39, 0.29) is 5.75 Å². The van der Waals surface area contributed by atoms with Crippen molar-refractivity contribution in [1.82, 2.24) is 5.32 Å². The number of primary sulfonamides is 1. The van der Waals surface area contributed by atoms with Gasteiger partial charge in [-0.05, 0) is 25.9 Å². The number of hydrogen-bond donors (Lipinski definition) is 2. The summed E-state index contributed by atoms with van der Waals surface area (Å²) in [6.07, 6.45) is 1.66. The zero-order chi connectivity index (χ0) is 8.74. The first-order valence-electron chi connectivity index (χ1n) is 3.77. The van der Waals surface area contributed by atoms with E-state index in [0.717, 1.165) is 19.5 Å². The van der Waals surface area contributed by atoms with Gasteiger partial charge in [0.05, 0.1) is 5.75 Å². The molecule has 4 nitrogen and oxygen atoms in total. The molecule has 0 unspecified atom stereocenters. The topological polar surface area (TPSA) is 72.2 Å². The fourth-order valence-electron chi connectivity index (χ4n) is 0.700. The Labute approximate surface area is 68.2 Å². The van der Waals surface area contributed by atoms with Gasteiger partial charge >= 0.3 is 0 Å². The lowest BCUT2D eigenvalue weighted by molar-refractivity contribution is 0.590. The summed E-state index contributed by atoms with van der Waals surface area (Å²) in [4.78, 5) is 0. The summed E-state index contributed by atoms with van der Waals surface area (Å²) in [5, 5.41) is 7.88.